The van der Waals surface area contributed by atoms with Gasteiger partial charge in [-0.1, -0.05) is 26.3 Å². The molecule has 0 aromatic rings. The van der Waals surface area contributed by atoms with Crippen LogP contribution < -0.4 is 10.6 Å². The van der Waals surface area contributed by atoms with Crippen molar-refractivity contribution < 1.29 is 19.2 Å². The van der Waals surface area contributed by atoms with Gasteiger partial charge in [-0.05, 0) is 40.5 Å². The Morgan fingerprint density at radius 1 is 0.562 bits per heavy atom. The fourth-order valence-electron chi connectivity index (χ4n) is 2.66. The minimum Gasteiger partial charge on any atom is -0.352 e. The Kier molecular flexibility index (Phi) is 13.3. The Hall–Kier alpha value is -3.16. The highest BCUT2D eigenvalue weighted by molar-refractivity contribution is 5.93. The maximum Gasteiger partial charge on any atom is 0.248 e. The molecule has 8 heteroatoms. The summed E-state index contributed by atoms with van der Waals surface area (Å²) in [6, 6.07) is 0. The Labute approximate surface area is 192 Å². The lowest BCUT2D eigenvalue weighted by Crippen LogP contribution is -2.43. The summed E-state index contributed by atoms with van der Waals surface area (Å²) in [7, 11) is 0. The fourth-order valence-corrected chi connectivity index (χ4v) is 2.66. The molecule has 0 radical (unpaired) electrons. The summed E-state index contributed by atoms with van der Waals surface area (Å²) in [6.07, 6.45) is 1.11. The molecule has 0 fully saturated rings. The van der Waals surface area contributed by atoms with E-state index in [-0.39, 0.29) is 23.6 Å². The van der Waals surface area contributed by atoms with Crippen molar-refractivity contribution in [1.82, 2.24) is 20.4 Å². The van der Waals surface area contributed by atoms with Crippen LogP contribution in [0.2, 0.25) is 0 Å². The number of nitrogens with one attached hydrogen (secondary N) is 2. The van der Waals surface area contributed by atoms with Crippen molar-refractivity contribution in [3.63, 3.8) is 0 Å². The van der Waals surface area contributed by atoms with Crippen molar-refractivity contribution in [3.05, 3.63) is 48.6 Å². The monoisotopic (exact) mass is 446 g/mol. The summed E-state index contributed by atoms with van der Waals surface area (Å²) >= 11 is 0. The van der Waals surface area contributed by atoms with Gasteiger partial charge in [0.1, 0.15) is 0 Å². The molecule has 0 unspecified atom stereocenters. The van der Waals surface area contributed by atoms with Gasteiger partial charge in [-0.25, -0.2) is 0 Å². The van der Waals surface area contributed by atoms with E-state index in [4.69, 9.17) is 0 Å². The number of hydrogen-bond acceptors (Lipinski definition) is 4. The van der Waals surface area contributed by atoms with Crippen LogP contribution in [0.1, 0.15) is 40.5 Å². The molecule has 0 saturated carbocycles. The Bertz CT molecular complexity index is 706. The van der Waals surface area contributed by atoms with Crippen LogP contribution in [0.4, 0.5) is 0 Å². The van der Waals surface area contributed by atoms with E-state index in [9.17, 15) is 19.2 Å². The van der Waals surface area contributed by atoms with Gasteiger partial charge in [0, 0.05) is 61.6 Å². The maximum absolute atomic E-state index is 12.5. The number of carbonyl (C=O) groups excluding carboxylic acids is 4. The van der Waals surface area contributed by atoms with Gasteiger partial charge in [-0.2, -0.15) is 0 Å². The van der Waals surface area contributed by atoms with Crippen molar-refractivity contribution in [3.8, 4) is 0 Å². The zero-order chi connectivity index (χ0) is 24.8. The lowest BCUT2D eigenvalue weighted by atomic mass is 10.2. The Balaban J connectivity index is 4.94. The molecule has 2 N–H and O–H groups in total. The first-order chi connectivity index (χ1) is 14.9. The van der Waals surface area contributed by atoms with Crippen LogP contribution in [0.25, 0.3) is 0 Å². The predicted octanol–water partition coefficient (Wildman–Crippen LogP) is 1.96. The van der Waals surface area contributed by atoms with Gasteiger partial charge in [-0.15, -0.1) is 0 Å². The number of amides is 4. The van der Waals surface area contributed by atoms with Crippen molar-refractivity contribution in [2.75, 3.05) is 39.3 Å². The molecule has 0 spiro atoms. The van der Waals surface area contributed by atoms with Crippen LogP contribution >= 0.6 is 0 Å². The second-order valence-electron chi connectivity index (χ2n) is 7.92. The zero-order valence-electron chi connectivity index (χ0n) is 20.0. The smallest absolute Gasteiger partial charge is 0.248 e. The normalized spacial score (nSPS) is 10.0. The van der Waals surface area contributed by atoms with E-state index in [0.717, 1.165) is 0 Å². The third-order valence-electron chi connectivity index (χ3n) is 4.50. The van der Waals surface area contributed by atoms with Gasteiger partial charge in [0.05, 0.1) is 0 Å². The lowest BCUT2D eigenvalue weighted by molar-refractivity contribution is -0.131. The molecule has 178 valence electrons. The number of hydrogen-bond donors (Lipinski definition) is 2. The molecular formula is C24H38N4O4. The predicted molar refractivity (Wildman–Crippen MR) is 128 cm³/mol. The highest BCUT2D eigenvalue weighted by Gasteiger charge is 2.19. The van der Waals surface area contributed by atoms with E-state index in [1.165, 1.54) is 0 Å². The summed E-state index contributed by atoms with van der Waals surface area (Å²) in [4.78, 5) is 51.5. The highest BCUT2D eigenvalue weighted by Crippen LogP contribution is 2.05. The summed E-state index contributed by atoms with van der Waals surface area (Å²) in [5.41, 5.74) is 1.65. The van der Waals surface area contributed by atoms with E-state index in [1.807, 2.05) is 0 Å². The van der Waals surface area contributed by atoms with E-state index >= 15 is 0 Å². The molecule has 0 bridgehead atoms. The van der Waals surface area contributed by atoms with Crippen molar-refractivity contribution >= 4 is 23.6 Å². The fraction of sp³-hybridized carbons (Fsp3) is 0.500. The third kappa shape index (κ3) is 11.3. The molecule has 0 aliphatic rings. The van der Waals surface area contributed by atoms with Crippen LogP contribution in [0, 0.1) is 0 Å². The topological polar surface area (TPSA) is 98.8 Å². The average Bonchev–Trinajstić information content (AvgIpc) is 2.72. The quantitative estimate of drug-likeness (QED) is 0.297. The van der Waals surface area contributed by atoms with Gasteiger partial charge in [-0.3, -0.25) is 19.2 Å². The molecule has 0 saturated heterocycles. The molecule has 0 rings (SSSR count). The summed E-state index contributed by atoms with van der Waals surface area (Å²) in [5, 5.41) is 5.48. The van der Waals surface area contributed by atoms with Crippen LogP contribution in [-0.2, 0) is 19.2 Å². The molecular weight excluding hydrogens is 408 g/mol. The van der Waals surface area contributed by atoms with E-state index in [2.05, 4.69) is 36.9 Å². The number of carbonyl (C=O) groups is 4. The minimum atomic E-state index is -0.222. The molecule has 0 atom stereocenters. The van der Waals surface area contributed by atoms with Crippen molar-refractivity contribution in [2.24, 2.45) is 0 Å². The summed E-state index contributed by atoms with van der Waals surface area (Å²) in [6.45, 7) is 23.4. The zero-order valence-corrected chi connectivity index (χ0v) is 20.0. The molecule has 8 nitrogen and oxygen atoms in total. The van der Waals surface area contributed by atoms with Gasteiger partial charge in [0.15, 0.2) is 0 Å². The van der Waals surface area contributed by atoms with Crippen molar-refractivity contribution in [1.29, 1.82) is 0 Å². The lowest BCUT2D eigenvalue weighted by Gasteiger charge is -2.28. The molecule has 0 aromatic heterocycles. The number of rotatable bonds is 15. The van der Waals surface area contributed by atoms with Crippen LogP contribution in [-0.4, -0.2) is 72.7 Å². The van der Waals surface area contributed by atoms with E-state index < -0.39 is 0 Å². The maximum atomic E-state index is 12.5. The first kappa shape index (κ1) is 28.8. The molecule has 0 aliphatic heterocycles. The first-order valence-electron chi connectivity index (χ1n) is 10.6. The van der Waals surface area contributed by atoms with Crippen LogP contribution in [0.15, 0.2) is 48.6 Å². The molecule has 0 aliphatic carbocycles. The number of nitrogens with zero attached hydrogens (tertiary/aromatic N) is 2. The van der Waals surface area contributed by atoms with E-state index in [1.54, 1.807) is 37.5 Å². The summed E-state index contributed by atoms with van der Waals surface area (Å²) in [5.74, 6) is -0.847. The highest BCUT2D eigenvalue weighted by atomic mass is 16.2. The van der Waals surface area contributed by atoms with Crippen LogP contribution in [0.3, 0.4) is 0 Å². The van der Waals surface area contributed by atoms with Gasteiger partial charge >= 0.3 is 0 Å². The van der Waals surface area contributed by atoms with Gasteiger partial charge < -0.3 is 20.4 Å². The molecule has 0 aromatic carbocycles. The second kappa shape index (κ2) is 14.8. The molecule has 32 heavy (non-hydrogen) atoms. The van der Waals surface area contributed by atoms with E-state index in [0.29, 0.717) is 74.4 Å². The molecule has 0 heterocycles. The van der Waals surface area contributed by atoms with Crippen LogP contribution in [0.5, 0.6) is 0 Å². The van der Waals surface area contributed by atoms with Gasteiger partial charge in [0.2, 0.25) is 23.6 Å². The third-order valence-corrected chi connectivity index (χ3v) is 4.50. The van der Waals surface area contributed by atoms with Gasteiger partial charge in [0.25, 0.3) is 0 Å². The van der Waals surface area contributed by atoms with Crippen molar-refractivity contribution in [2.45, 2.75) is 40.5 Å². The second-order valence-corrected chi connectivity index (χ2v) is 7.92. The average molecular weight is 447 g/mol. The molecule has 4 amide bonds. The first-order valence-corrected chi connectivity index (χ1v) is 10.6. The largest absolute Gasteiger partial charge is 0.352 e. The Morgan fingerprint density at radius 2 is 0.875 bits per heavy atom. The summed E-state index contributed by atoms with van der Waals surface area (Å²) < 4.78 is 0. The standard InChI is InChI=1S/C24H38N4O4/c1-17(2)21(29)25-11-9-13-27(23(31)19(5)6)15-16-28(24(32)20(7)8)14-10-12-26-22(30)18(3)4/h1,3,5,7,9-16H2,2,4,6,8H3,(H,25,29)(H,26,30). The SMILES string of the molecule is C=C(C)C(=O)NCCCN(CCN(CCCNC(=O)C(=C)C)C(=O)C(=C)C)C(=O)C(=C)C. The Morgan fingerprint density at radius 3 is 1.12 bits per heavy atom. The minimum absolute atomic E-state index is 0.201.